The third-order valence-electron chi connectivity index (χ3n) is 7.46. The van der Waals surface area contributed by atoms with E-state index in [9.17, 15) is 14.9 Å². The maximum absolute atomic E-state index is 14.1. The van der Waals surface area contributed by atoms with E-state index < -0.39 is 0 Å². The highest BCUT2D eigenvalue weighted by Gasteiger charge is 2.25. The second kappa shape index (κ2) is 14.8. The van der Waals surface area contributed by atoms with E-state index in [2.05, 4.69) is 25.5 Å². The van der Waals surface area contributed by atoms with Gasteiger partial charge in [-0.05, 0) is 44.3 Å². The summed E-state index contributed by atoms with van der Waals surface area (Å²) in [6.45, 7) is 6.44. The number of aryl methyl sites for hydroxylation is 1. The number of carbonyl (C=O) groups excluding carboxylic acids is 1. The number of piperidine rings is 1. The molecule has 1 fully saturated rings. The van der Waals surface area contributed by atoms with E-state index in [4.69, 9.17) is 32.7 Å². The van der Waals surface area contributed by atoms with Crippen LogP contribution in [0.15, 0.2) is 34.8 Å². The summed E-state index contributed by atoms with van der Waals surface area (Å²) in [6.07, 6.45) is 5.71. The molecule has 2 aromatic heterocycles. The van der Waals surface area contributed by atoms with Crippen molar-refractivity contribution in [2.45, 2.75) is 45.7 Å². The molecule has 0 spiro atoms. The highest BCUT2D eigenvalue weighted by Crippen LogP contribution is 2.45. The van der Waals surface area contributed by atoms with Crippen molar-refractivity contribution in [2.75, 3.05) is 46.2 Å². The number of hydrogen-bond acceptors (Lipinski definition) is 9. The number of ether oxygens (including phenoxy) is 2. The molecule has 1 atom stereocenters. The fourth-order valence-corrected chi connectivity index (χ4v) is 6.08. The average Bonchev–Trinajstić information content (AvgIpc) is 3.01. The molecule has 1 aliphatic heterocycles. The number of anilines is 1. The number of allylic oxidation sites excluding steroid dienone is 1. The zero-order valence-electron chi connectivity index (χ0n) is 25.5. The van der Waals surface area contributed by atoms with E-state index in [1.807, 2.05) is 19.9 Å². The van der Waals surface area contributed by atoms with Crippen LogP contribution < -0.4 is 25.7 Å². The molecular weight excluding hydrogens is 605 g/mol. The fraction of sp³-hybridized carbons (Fsp3) is 0.452. The molecule has 0 bridgehead atoms. The van der Waals surface area contributed by atoms with E-state index in [1.165, 1.54) is 14.2 Å². The van der Waals surface area contributed by atoms with Crippen LogP contribution in [0.5, 0.6) is 11.5 Å². The first-order chi connectivity index (χ1) is 21.1. The number of carbonyl (C=O) groups is 1. The lowest BCUT2D eigenvalue weighted by Crippen LogP contribution is -2.48. The molecule has 1 unspecified atom stereocenters. The lowest BCUT2D eigenvalue weighted by atomic mass is 10.0. The third kappa shape index (κ3) is 7.26. The summed E-state index contributed by atoms with van der Waals surface area (Å²) in [4.78, 5) is 38.0. The molecule has 11 nitrogen and oxygen atoms in total. The minimum absolute atomic E-state index is 0.0645. The van der Waals surface area contributed by atoms with Gasteiger partial charge in [-0.2, -0.15) is 10.2 Å². The minimum Gasteiger partial charge on any atom is -0.495 e. The highest BCUT2D eigenvalue weighted by atomic mass is 35.5. The Hall–Kier alpha value is -3.85. The molecule has 4 rings (SSSR count). The van der Waals surface area contributed by atoms with Gasteiger partial charge in [-0.1, -0.05) is 43.1 Å². The number of methoxy groups -OCH3 is 2. The minimum atomic E-state index is -0.339. The number of nitrogens with zero attached hydrogens (tertiary/aromatic N) is 5. The summed E-state index contributed by atoms with van der Waals surface area (Å²) in [6, 6.07) is 5.20. The van der Waals surface area contributed by atoms with Gasteiger partial charge in [0.25, 0.3) is 11.5 Å². The number of pyridine rings is 1. The molecule has 0 saturated carbocycles. The van der Waals surface area contributed by atoms with Crippen LogP contribution in [0.3, 0.4) is 0 Å². The molecule has 234 valence electrons. The zero-order valence-corrected chi connectivity index (χ0v) is 27.1. The van der Waals surface area contributed by atoms with Crippen molar-refractivity contribution in [1.29, 1.82) is 5.26 Å². The average molecular weight is 643 g/mol. The largest absolute Gasteiger partial charge is 0.495 e. The molecule has 13 heteroatoms. The van der Waals surface area contributed by atoms with Crippen molar-refractivity contribution in [3.63, 3.8) is 0 Å². The third-order valence-corrected chi connectivity index (χ3v) is 8.21. The van der Waals surface area contributed by atoms with Crippen LogP contribution in [0.1, 0.15) is 33.1 Å². The van der Waals surface area contributed by atoms with Crippen molar-refractivity contribution in [3.8, 4) is 28.7 Å². The predicted octanol–water partition coefficient (Wildman–Crippen LogP) is 4.90. The van der Waals surface area contributed by atoms with Gasteiger partial charge in [0.15, 0.2) is 0 Å². The Bertz CT molecular complexity index is 1640. The van der Waals surface area contributed by atoms with Gasteiger partial charge in [-0.25, -0.2) is 4.98 Å². The van der Waals surface area contributed by atoms with Gasteiger partial charge in [0, 0.05) is 49.4 Å². The molecule has 1 aliphatic rings. The maximum Gasteiger partial charge on any atom is 0.261 e. The number of fused-ring (bicyclic) bond motifs is 1. The Morgan fingerprint density at radius 2 is 1.91 bits per heavy atom. The molecule has 1 saturated heterocycles. The maximum atomic E-state index is 14.1. The number of hydrogen-bond donors (Lipinski definition) is 2. The Morgan fingerprint density at radius 1 is 1.20 bits per heavy atom. The van der Waals surface area contributed by atoms with Crippen LogP contribution >= 0.6 is 23.2 Å². The molecule has 0 aliphatic carbocycles. The summed E-state index contributed by atoms with van der Waals surface area (Å²) in [5.74, 6) is 0.793. The van der Waals surface area contributed by atoms with E-state index in [0.29, 0.717) is 60.1 Å². The summed E-state index contributed by atoms with van der Waals surface area (Å²) >= 11 is 13.4. The summed E-state index contributed by atoms with van der Waals surface area (Å²) in [5, 5.41) is 16.4. The van der Waals surface area contributed by atoms with Crippen LogP contribution in [0, 0.1) is 17.2 Å². The van der Waals surface area contributed by atoms with Crippen molar-refractivity contribution < 1.29 is 14.3 Å². The molecule has 1 amide bonds. The Kier molecular flexibility index (Phi) is 11.1. The van der Waals surface area contributed by atoms with Gasteiger partial charge in [0.05, 0.1) is 29.8 Å². The second-order valence-electron chi connectivity index (χ2n) is 10.9. The topological polar surface area (TPSA) is 134 Å². The number of halogens is 2. The highest BCUT2D eigenvalue weighted by molar-refractivity contribution is 6.41. The summed E-state index contributed by atoms with van der Waals surface area (Å²) in [7, 11) is 4.67. The number of aromatic nitrogens is 3. The van der Waals surface area contributed by atoms with Crippen molar-refractivity contribution in [3.05, 3.63) is 50.4 Å². The fourth-order valence-electron chi connectivity index (χ4n) is 5.38. The molecule has 3 aromatic rings. The van der Waals surface area contributed by atoms with E-state index in [0.717, 1.165) is 19.4 Å². The zero-order chi connectivity index (χ0) is 32.0. The second-order valence-corrected chi connectivity index (χ2v) is 11.7. The lowest BCUT2D eigenvalue weighted by molar-refractivity contribution is -0.118. The lowest BCUT2D eigenvalue weighted by Gasteiger charge is -2.33. The van der Waals surface area contributed by atoms with Crippen LogP contribution in [-0.2, 0) is 11.3 Å². The van der Waals surface area contributed by atoms with E-state index in [1.54, 1.807) is 36.0 Å². The van der Waals surface area contributed by atoms with E-state index in [-0.39, 0.29) is 44.6 Å². The van der Waals surface area contributed by atoms with E-state index >= 15 is 0 Å². The number of rotatable bonds is 11. The first-order valence-electron chi connectivity index (χ1n) is 14.5. The molecule has 3 heterocycles. The van der Waals surface area contributed by atoms with Crippen molar-refractivity contribution >= 4 is 46.1 Å². The summed E-state index contributed by atoms with van der Waals surface area (Å²) < 4.78 is 12.5. The Morgan fingerprint density at radius 3 is 2.52 bits per heavy atom. The molecule has 44 heavy (non-hydrogen) atoms. The Balaban J connectivity index is 1.61. The Labute approximate surface area is 266 Å². The normalized spacial score (nSPS) is 15.7. The van der Waals surface area contributed by atoms with Crippen LogP contribution in [0.2, 0.25) is 10.0 Å². The van der Waals surface area contributed by atoms with Gasteiger partial charge in [0.1, 0.15) is 28.8 Å². The molecule has 0 radical (unpaired) electrons. The van der Waals surface area contributed by atoms with Crippen LogP contribution in [0.4, 0.5) is 5.95 Å². The van der Waals surface area contributed by atoms with Crippen molar-refractivity contribution in [1.82, 2.24) is 24.8 Å². The number of likely N-dealkylation sites (tertiary alicyclic amines) is 1. The molecule has 1 aromatic carbocycles. The van der Waals surface area contributed by atoms with Crippen LogP contribution in [-0.4, -0.2) is 72.3 Å². The van der Waals surface area contributed by atoms with Crippen LogP contribution in [0.25, 0.3) is 22.2 Å². The smallest absolute Gasteiger partial charge is 0.261 e. The molecule has 2 N–H and O–H groups in total. The van der Waals surface area contributed by atoms with Gasteiger partial charge < -0.3 is 25.0 Å². The summed E-state index contributed by atoms with van der Waals surface area (Å²) in [5.41, 5.74) is 0.877. The predicted molar refractivity (Wildman–Crippen MR) is 173 cm³/mol. The van der Waals surface area contributed by atoms with Gasteiger partial charge >= 0.3 is 0 Å². The monoisotopic (exact) mass is 641 g/mol. The molecular formula is C31H37Cl2N7O4. The van der Waals surface area contributed by atoms with Crippen molar-refractivity contribution in [2.24, 2.45) is 5.92 Å². The SMILES string of the molecule is CNc1ncc2cc(-c3c(Cl)c(OC)cc(OC)c3Cl)c(=O)n(CCCN3CCCC(NC(=O)C(C#N)=CC(C)C)C3)c2n1. The number of nitriles is 1. The van der Waals surface area contributed by atoms with Gasteiger partial charge in [0.2, 0.25) is 5.95 Å². The first kappa shape index (κ1) is 33.1. The standard InChI is InChI=1S/C31H37Cl2N7O4/c1-18(2)12-19(15-34)29(41)37-21-8-6-9-39(17-21)10-7-11-40-28-20(16-36-31(35-3)38-28)13-22(30(40)42)25-26(32)23(43-4)14-24(44-5)27(25)33/h12-14,16,18,21H,6-11,17H2,1-5H3,(H,37,41)(H,35,36,38). The number of amides is 1. The first-order valence-corrected chi connectivity index (χ1v) is 15.2. The van der Waals surface area contributed by atoms with Gasteiger partial charge in [-0.3, -0.25) is 14.2 Å². The van der Waals surface area contributed by atoms with Gasteiger partial charge in [-0.15, -0.1) is 0 Å². The number of nitrogens with one attached hydrogen (secondary N) is 2. The quantitative estimate of drug-likeness (QED) is 0.221. The number of benzene rings is 1.